The zero-order valence-electron chi connectivity index (χ0n) is 21.6. The van der Waals surface area contributed by atoms with Crippen LogP contribution >= 0.6 is 0 Å². The Morgan fingerprint density at radius 2 is 1.95 bits per heavy atom. The second-order valence-electron chi connectivity index (χ2n) is 9.77. The minimum absolute atomic E-state index is 0.245. The van der Waals surface area contributed by atoms with Crippen LogP contribution in [0.5, 0.6) is 0 Å². The Kier molecular flexibility index (Phi) is 7.62. The van der Waals surface area contributed by atoms with Crippen LogP contribution in [0.3, 0.4) is 0 Å². The maximum absolute atomic E-state index is 13.3. The summed E-state index contributed by atoms with van der Waals surface area (Å²) in [6.45, 7) is 5.10. The van der Waals surface area contributed by atoms with Gasteiger partial charge in [-0.1, -0.05) is 35.9 Å². The number of amides is 2. The Bertz CT molecular complexity index is 1330. The smallest absolute Gasteiger partial charge is 0.273 e. The fraction of sp³-hybridized carbons (Fsp3) is 0.393. The van der Waals surface area contributed by atoms with E-state index in [1.807, 2.05) is 43.3 Å². The third-order valence-electron chi connectivity index (χ3n) is 7.05. The molecular weight excluding hydrogens is 484 g/mol. The van der Waals surface area contributed by atoms with Gasteiger partial charge in [0.1, 0.15) is 11.7 Å². The molecule has 2 aliphatic heterocycles. The van der Waals surface area contributed by atoms with Crippen molar-refractivity contribution in [2.45, 2.75) is 51.4 Å². The van der Waals surface area contributed by atoms with Gasteiger partial charge >= 0.3 is 0 Å². The van der Waals surface area contributed by atoms with Crippen molar-refractivity contribution in [1.82, 2.24) is 25.2 Å². The molecule has 1 fully saturated rings. The third-order valence-corrected chi connectivity index (χ3v) is 7.05. The lowest BCUT2D eigenvalue weighted by molar-refractivity contribution is -0.126. The number of aliphatic hydroxyl groups excluding tert-OH is 1. The van der Waals surface area contributed by atoms with Gasteiger partial charge < -0.3 is 25.4 Å². The molecule has 2 aliphatic rings. The monoisotopic (exact) mass is 516 g/mol. The number of carbonyl (C=O) groups is 2. The summed E-state index contributed by atoms with van der Waals surface area (Å²) in [6, 6.07) is 12.0. The first-order valence-electron chi connectivity index (χ1n) is 12.9. The third kappa shape index (κ3) is 5.51. The summed E-state index contributed by atoms with van der Waals surface area (Å²) < 4.78 is 5.41. The largest absolute Gasteiger partial charge is 0.394 e. The van der Waals surface area contributed by atoms with E-state index in [1.54, 1.807) is 19.2 Å². The zero-order valence-corrected chi connectivity index (χ0v) is 21.6. The van der Waals surface area contributed by atoms with Gasteiger partial charge in [-0.05, 0) is 44.4 Å². The second-order valence-corrected chi connectivity index (χ2v) is 9.77. The highest BCUT2D eigenvalue weighted by Crippen LogP contribution is 2.27. The number of nitrogens with one attached hydrogen (secondary N) is 2. The number of hydrogen-bond donors (Lipinski definition) is 3. The van der Waals surface area contributed by atoms with E-state index < -0.39 is 12.1 Å². The van der Waals surface area contributed by atoms with Crippen LogP contribution in [0.2, 0.25) is 0 Å². The Hall–Kier alpha value is -3.89. The molecule has 1 aromatic carbocycles. The number of rotatable bonds is 8. The van der Waals surface area contributed by atoms with Crippen molar-refractivity contribution in [1.29, 1.82) is 0 Å². The molecule has 0 radical (unpaired) electrons. The number of ether oxygens (including phenoxy) is 1. The lowest BCUT2D eigenvalue weighted by Gasteiger charge is -2.26. The van der Waals surface area contributed by atoms with Gasteiger partial charge in [0.05, 0.1) is 24.0 Å². The summed E-state index contributed by atoms with van der Waals surface area (Å²) >= 11 is 0. The molecule has 10 nitrogen and oxygen atoms in total. The fourth-order valence-corrected chi connectivity index (χ4v) is 4.80. The Balaban J connectivity index is 1.28. The van der Waals surface area contributed by atoms with Crippen molar-refractivity contribution in [3.05, 3.63) is 71.0 Å². The summed E-state index contributed by atoms with van der Waals surface area (Å²) in [7, 11) is 0. The minimum Gasteiger partial charge on any atom is -0.394 e. The van der Waals surface area contributed by atoms with Gasteiger partial charge in [-0.2, -0.15) is 0 Å². The number of aromatic nitrogens is 3. The molecular formula is C28H32N6O4. The van der Waals surface area contributed by atoms with Gasteiger partial charge in [0.15, 0.2) is 0 Å². The van der Waals surface area contributed by atoms with Crippen LogP contribution in [-0.4, -0.2) is 68.7 Å². The number of fused-ring (bicyclic) bond motifs is 1. The molecule has 10 heteroatoms. The van der Waals surface area contributed by atoms with Gasteiger partial charge in [-0.25, -0.2) is 15.0 Å². The topological polar surface area (TPSA) is 130 Å². The quantitative estimate of drug-likeness (QED) is 0.417. The molecule has 3 aromatic rings. The highest BCUT2D eigenvalue weighted by molar-refractivity contribution is 6.00. The van der Waals surface area contributed by atoms with Crippen molar-refractivity contribution in [2.24, 2.45) is 0 Å². The summed E-state index contributed by atoms with van der Waals surface area (Å²) in [5.41, 5.74) is 4.09. The van der Waals surface area contributed by atoms with E-state index in [1.165, 1.54) is 4.90 Å². The maximum atomic E-state index is 13.3. The number of nitrogens with zero attached hydrogens (tertiary/aromatic N) is 4. The predicted molar refractivity (Wildman–Crippen MR) is 141 cm³/mol. The minimum atomic E-state index is -0.742. The fourth-order valence-electron chi connectivity index (χ4n) is 4.80. The maximum Gasteiger partial charge on any atom is 0.273 e. The molecule has 3 N–H and O–H groups in total. The van der Waals surface area contributed by atoms with Crippen LogP contribution < -0.4 is 10.6 Å². The predicted octanol–water partition coefficient (Wildman–Crippen LogP) is 2.63. The standard InChI is InChI=1S/C28H32N6O4/c1-17-4-3-5-19(14-17)24(16-35)32-26(36)18(2)34-15-20-6-7-22(31-25(20)27(34)37)23-8-11-29-28(33-23)30-21-9-12-38-13-10-21/h3-8,11,14,18,21,24,35H,9-10,12-13,15-16H2,1-2H3,(H,32,36)(H,29,30,33)/t18-,24-/m1/s1. The van der Waals surface area contributed by atoms with Crippen molar-refractivity contribution in [3.63, 3.8) is 0 Å². The zero-order chi connectivity index (χ0) is 26.6. The highest BCUT2D eigenvalue weighted by atomic mass is 16.5. The van der Waals surface area contributed by atoms with Gasteiger partial charge in [0.25, 0.3) is 5.91 Å². The van der Waals surface area contributed by atoms with Crippen LogP contribution in [0.4, 0.5) is 5.95 Å². The van der Waals surface area contributed by atoms with Crippen molar-refractivity contribution in [2.75, 3.05) is 25.1 Å². The SMILES string of the molecule is Cc1cccc([C@@H](CO)NC(=O)[C@@H](C)N2Cc3ccc(-c4ccnc(NC5CCOCC5)n4)nc3C2=O)c1. The Morgan fingerprint density at radius 3 is 2.71 bits per heavy atom. The van der Waals surface area contributed by atoms with E-state index in [0.717, 1.165) is 29.5 Å². The Morgan fingerprint density at radius 1 is 1.16 bits per heavy atom. The number of carbonyl (C=O) groups excluding carboxylic acids is 2. The van der Waals surface area contributed by atoms with Crippen molar-refractivity contribution in [3.8, 4) is 11.4 Å². The lowest BCUT2D eigenvalue weighted by Crippen LogP contribution is -2.46. The van der Waals surface area contributed by atoms with Gasteiger partial charge in [0.2, 0.25) is 11.9 Å². The average molecular weight is 517 g/mol. The summed E-state index contributed by atoms with van der Waals surface area (Å²) in [5, 5.41) is 16.1. The second kappa shape index (κ2) is 11.2. The van der Waals surface area contributed by atoms with Gasteiger partial charge in [-0.15, -0.1) is 0 Å². The summed E-state index contributed by atoms with van der Waals surface area (Å²) in [4.78, 5) is 41.4. The molecule has 198 valence electrons. The van der Waals surface area contributed by atoms with E-state index in [4.69, 9.17) is 4.74 Å². The van der Waals surface area contributed by atoms with Gasteiger partial charge in [-0.3, -0.25) is 9.59 Å². The van der Waals surface area contributed by atoms with E-state index in [0.29, 0.717) is 36.2 Å². The number of aliphatic hydroxyl groups is 1. The first-order valence-corrected chi connectivity index (χ1v) is 12.9. The molecule has 2 aromatic heterocycles. The van der Waals surface area contributed by atoms with Crippen LogP contribution in [0.25, 0.3) is 11.4 Å². The molecule has 0 spiro atoms. The molecule has 38 heavy (non-hydrogen) atoms. The average Bonchev–Trinajstić information content (AvgIpc) is 3.27. The molecule has 0 unspecified atom stereocenters. The number of aryl methyl sites for hydroxylation is 1. The van der Waals surface area contributed by atoms with Gasteiger partial charge in [0, 0.05) is 37.6 Å². The first kappa shape index (κ1) is 25.7. The highest BCUT2D eigenvalue weighted by Gasteiger charge is 2.36. The van der Waals surface area contributed by atoms with E-state index in [-0.39, 0.29) is 31.0 Å². The van der Waals surface area contributed by atoms with E-state index >= 15 is 0 Å². The van der Waals surface area contributed by atoms with Crippen molar-refractivity contribution >= 4 is 17.8 Å². The number of benzene rings is 1. The number of anilines is 1. The molecule has 5 rings (SSSR count). The van der Waals surface area contributed by atoms with Crippen LogP contribution in [0, 0.1) is 6.92 Å². The number of hydrogen-bond acceptors (Lipinski definition) is 8. The molecule has 2 amide bonds. The molecule has 0 saturated carbocycles. The van der Waals surface area contributed by atoms with E-state index in [9.17, 15) is 14.7 Å². The summed E-state index contributed by atoms with van der Waals surface area (Å²) in [5.74, 6) is -0.135. The molecule has 4 heterocycles. The summed E-state index contributed by atoms with van der Waals surface area (Å²) in [6.07, 6.45) is 3.46. The first-order chi connectivity index (χ1) is 18.4. The Labute approximate surface area is 221 Å². The van der Waals surface area contributed by atoms with Crippen LogP contribution in [0.15, 0.2) is 48.7 Å². The van der Waals surface area contributed by atoms with Crippen LogP contribution in [-0.2, 0) is 16.1 Å². The molecule has 0 bridgehead atoms. The van der Waals surface area contributed by atoms with Crippen LogP contribution in [0.1, 0.15) is 53.0 Å². The van der Waals surface area contributed by atoms with Crippen molar-refractivity contribution < 1.29 is 19.4 Å². The molecule has 1 saturated heterocycles. The lowest BCUT2D eigenvalue weighted by atomic mass is 10.0. The molecule has 2 atom stereocenters. The van der Waals surface area contributed by atoms with E-state index in [2.05, 4.69) is 25.6 Å². The molecule has 0 aliphatic carbocycles. The normalized spacial score (nSPS) is 17.1. The number of pyridine rings is 1.